The number of nitrogens with one attached hydrogen (secondary N) is 2. The van der Waals surface area contributed by atoms with Crippen molar-refractivity contribution in [3.63, 3.8) is 0 Å². The SMILES string of the molecule is COC(=O)[C@H](Cc1ccc(I)cc1)NC(=O)[C@H](Cc1ccc(F)cc1)NC(C)=O. The molecule has 2 aromatic carbocycles. The molecule has 8 heteroatoms. The number of benzene rings is 2. The molecule has 154 valence electrons. The van der Waals surface area contributed by atoms with E-state index in [1.165, 1.54) is 26.2 Å². The Labute approximate surface area is 182 Å². The maximum absolute atomic E-state index is 13.1. The van der Waals surface area contributed by atoms with Gasteiger partial charge in [-0.1, -0.05) is 24.3 Å². The van der Waals surface area contributed by atoms with E-state index in [4.69, 9.17) is 4.74 Å². The highest BCUT2D eigenvalue weighted by Crippen LogP contribution is 2.11. The smallest absolute Gasteiger partial charge is 0.328 e. The predicted molar refractivity (Wildman–Crippen MR) is 115 cm³/mol. The summed E-state index contributed by atoms with van der Waals surface area (Å²) >= 11 is 2.18. The lowest BCUT2D eigenvalue weighted by molar-refractivity contribution is -0.145. The molecule has 2 aromatic rings. The first-order valence-corrected chi connectivity index (χ1v) is 10.0. The van der Waals surface area contributed by atoms with Crippen LogP contribution in [0.15, 0.2) is 48.5 Å². The standard InChI is InChI=1S/C21H22FIN2O4/c1-13(26)24-18(11-14-3-7-16(22)8-4-14)20(27)25-19(21(28)29-2)12-15-5-9-17(23)10-6-15/h3-10,18-19H,11-12H2,1-2H3,(H,24,26)(H,25,27)/t18-,19-/m0/s1. The average Bonchev–Trinajstić information content (AvgIpc) is 2.69. The van der Waals surface area contributed by atoms with Crippen LogP contribution < -0.4 is 10.6 Å². The Bertz CT molecular complexity index is 856. The van der Waals surface area contributed by atoms with Crippen LogP contribution in [-0.4, -0.2) is 37.0 Å². The molecule has 0 spiro atoms. The second-order valence-electron chi connectivity index (χ2n) is 6.50. The summed E-state index contributed by atoms with van der Waals surface area (Å²) in [4.78, 5) is 36.6. The molecule has 0 saturated heterocycles. The third kappa shape index (κ3) is 7.45. The fourth-order valence-electron chi connectivity index (χ4n) is 2.77. The second-order valence-corrected chi connectivity index (χ2v) is 7.74. The van der Waals surface area contributed by atoms with E-state index in [2.05, 4.69) is 33.2 Å². The van der Waals surface area contributed by atoms with Gasteiger partial charge in [0.05, 0.1) is 7.11 Å². The Morgan fingerprint density at radius 3 is 1.97 bits per heavy atom. The first-order chi connectivity index (χ1) is 13.8. The number of methoxy groups -OCH3 is 1. The highest BCUT2D eigenvalue weighted by molar-refractivity contribution is 14.1. The monoisotopic (exact) mass is 512 g/mol. The molecule has 0 fully saturated rings. The fourth-order valence-corrected chi connectivity index (χ4v) is 3.13. The molecule has 2 atom stereocenters. The zero-order valence-corrected chi connectivity index (χ0v) is 18.2. The van der Waals surface area contributed by atoms with Crippen LogP contribution in [-0.2, 0) is 32.0 Å². The van der Waals surface area contributed by atoms with Gasteiger partial charge < -0.3 is 15.4 Å². The van der Waals surface area contributed by atoms with E-state index in [9.17, 15) is 18.8 Å². The fraction of sp³-hybridized carbons (Fsp3) is 0.286. The van der Waals surface area contributed by atoms with E-state index in [1.807, 2.05) is 24.3 Å². The van der Waals surface area contributed by atoms with Gasteiger partial charge in [0.25, 0.3) is 0 Å². The van der Waals surface area contributed by atoms with Crippen LogP contribution in [0.5, 0.6) is 0 Å². The van der Waals surface area contributed by atoms with Gasteiger partial charge in [0.1, 0.15) is 17.9 Å². The lowest BCUT2D eigenvalue weighted by atomic mass is 10.0. The molecule has 2 amide bonds. The van der Waals surface area contributed by atoms with Crippen molar-refractivity contribution in [2.24, 2.45) is 0 Å². The van der Waals surface area contributed by atoms with Gasteiger partial charge in [-0.2, -0.15) is 0 Å². The summed E-state index contributed by atoms with van der Waals surface area (Å²) in [7, 11) is 1.25. The predicted octanol–water partition coefficient (Wildman–Crippen LogP) is 2.38. The maximum Gasteiger partial charge on any atom is 0.328 e. The number of esters is 1. The highest BCUT2D eigenvalue weighted by Gasteiger charge is 2.27. The molecular formula is C21H22FIN2O4. The van der Waals surface area contributed by atoms with Crippen LogP contribution in [0.2, 0.25) is 0 Å². The number of rotatable bonds is 8. The molecule has 6 nitrogen and oxygen atoms in total. The van der Waals surface area contributed by atoms with Gasteiger partial charge in [-0.15, -0.1) is 0 Å². The van der Waals surface area contributed by atoms with Crippen LogP contribution in [0.25, 0.3) is 0 Å². The first kappa shape index (κ1) is 22.8. The lowest BCUT2D eigenvalue weighted by Crippen LogP contribution is -2.53. The molecule has 29 heavy (non-hydrogen) atoms. The summed E-state index contributed by atoms with van der Waals surface area (Å²) in [5.74, 6) is -1.89. The Morgan fingerprint density at radius 2 is 1.45 bits per heavy atom. The topological polar surface area (TPSA) is 84.5 Å². The van der Waals surface area contributed by atoms with Crippen LogP contribution in [0.4, 0.5) is 4.39 Å². The van der Waals surface area contributed by atoms with Gasteiger partial charge in [0.2, 0.25) is 11.8 Å². The molecule has 0 radical (unpaired) electrons. The van der Waals surface area contributed by atoms with Crippen molar-refractivity contribution in [3.05, 3.63) is 69.0 Å². The third-order valence-electron chi connectivity index (χ3n) is 4.20. The molecule has 0 aliphatic heterocycles. The lowest BCUT2D eigenvalue weighted by Gasteiger charge is -2.22. The van der Waals surface area contributed by atoms with Crippen molar-refractivity contribution in [3.8, 4) is 0 Å². The maximum atomic E-state index is 13.1. The van der Waals surface area contributed by atoms with E-state index in [0.717, 1.165) is 9.13 Å². The zero-order valence-electron chi connectivity index (χ0n) is 16.1. The molecule has 0 aliphatic rings. The van der Waals surface area contributed by atoms with Crippen molar-refractivity contribution in [2.45, 2.75) is 31.8 Å². The number of halogens is 2. The van der Waals surface area contributed by atoms with Crippen molar-refractivity contribution in [2.75, 3.05) is 7.11 Å². The van der Waals surface area contributed by atoms with Crippen molar-refractivity contribution in [1.82, 2.24) is 10.6 Å². The summed E-state index contributed by atoms with van der Waals surface area (Å²) in [5.41, 5.74) is 1.53. The van der Waals surface area contributed by atoms with E-state index in [0.29, 0.717) is 5.56 Å². The number of ether oxygens (including phenoxy) is 1. The van der Waals surface area contributed by atoms with E-state index in [-0.39, 0.29) is 18.7 Å². The van der Waals surface area contributed by atoms with Crippen LogP contribution in [0, 0.1) is 9.39 Å². The van der Waals surface area contributed by atoms with Crippen LogP contribution in [0.3, 0.4) is 0 Å². The first-order valence-electron chi connectivity index (χ1n) is 8.92. The Kier molecular flexibility index (Phi) is 8.56. The van der Waals surface area contributed by atoms with Crippen molar-refractivity contribution < 1.29 is 23.5 Å². The quantitative estimate of drug-likeness (QED) is 0.421. The van der Waals surface area contributed by atoms with Gasteiger partial charge in [0, 0.05) is 23.3 Å². The van der Waals surface area contributed by atoms with E-state index >= 15 is 0 Å². The molecule has 0 aliphatic carbocycles. The average molecular weight is 512 g/mol. The van der Waals surface area contributed by atoms with Gasteiger partial charge in [-0.3, -0.25) is 9.59 Å². The third-order valence-corrected chi connectivity index (χ3v) is 4.92. The van der Waals surface area contributed by atoms with Gasteiger partial charge in [0.15, 0.2) is 0 Å². The zero-order chi connectivity index (χ0) is 21.4. The Balaban J connectivity index is 2.15. The van der Waals surface area contributed by atoms with E-state index in [1.54, 1.807) is 12.1 Å². The van der Waals surface area contributed by atoms with Gasteiger partial charge >= 0.3 is 5.97 Å². The second kappa shape index (κ2) is 10.9. The number of hydrogen-bond acceptors (Lipinski definition) is 4. The van der Waals surface area contributed by atoms with Crippen molar-refractivity contribution in [1.29, 1.82) is 0 Å². The molecule has 0 saturated carbocycles. The molecule has 2 rings (SSSR count). The summed E-state index contributed by atoms with van der Waals surface area (Å²) in [6.07, 6.45) is 0.405. The minimum atomic E-state index is -0.915. The van der Waals surface area contributed by atoms with E-state index < -0.39 is 29.8 Å². The van der Waals surface area contributed by atoms with Gasteiger partial charge in [-0.05, 0) is 58.0 Å². The van der Waals surface area contributed by atoms with Crippen LogP contribution in [0.1, 0.15) is 18.1 Å². The number of amides is 2. The minimum Gasteiger partial charge on any atom is -0.467 e. The summed E-state index contributed by atoms with van der Waals surface area (Å²) < 4.78 is 19.0. The summed E-state index contributed by atoms with van der Waals surface area (Å²) in [5, 5.41) is 5.24. The van der Waals surface area contributed by atoms with Crippen LogP contribution >= 0.6 is 22.6 Å². The normalized spacial score (nSPS) is 12.6. The van der Waals surface area contributed by atoms with Crippen molar-refractivity contribution >= 4 is 40.4 Å². The number of carbonyl (C=O) groups is 3. The molecule has 0 aromatic heterocycles. The number of hydrogen-bond donors (Lipinski definition) is 2. The highest BCUT2D eigenvalue weighted by atomic mass is 127. The molecular weight excluding hydrogens is 490 g/mol. The largest absolute Gasteiger partial charge is 0.467 e. The Morgan fingerprint density at radius 1 is 0.931 bits per heavy atom. The minimum absolute atomic E-state index is 0.156. The summed E-state index contributed by atoms with van der Waals surface area (Å²) in [6.45, 7) is 1.30. The van der Waals surface area contributed by atoms with Gasteiger partial charge in [-0.25, -0.2) is 9.18 Å². The molecule has 0 heterocycles. The Hall–Kier alpha value is -2.49. The molecule has 2 N–H and O–H groups in total. The summed E-state index contributed by atoms with van der Waals surface area (Å²) in [6, 6.07) is 11.4. The number of carbonyl (C=O) groups excluding carboxylic acids is 3. The molecule has 0 bridgehead atoms. The molecule has 0 unspecified atom stereocenters.